The first kappa shape index (κ1) is 15.0. The molecule has 1 N–H and O–H groups in total. The second-order valence-electron chi connectivity index (χ2n) is 4.02. The Kier molecular flexibility index (Phi) is 6.18. The van der Waals surface area contributed by atoms with Crippen molar-refractivity contribution in [1.82, 2.24) is 0 Å². The molecule has 0 aromatic heterocycles. The lowest BCUT2D eigenvalue weighted by Crippen LogP contribution is -1.99. The van der Waals surface area contributed by atoms with Crippen LogP contribution in [0.2, 0.25) is 0 Å². The first-order chi connectivity index (χ1) is 8.54. The number of halogens is 1. The molecule has 0 unspecified atom stereocenters. The molecule has 1 rings (SSSR count). The highest BCUT2D eigenvalue weighted by Crippen LogP contribution is 2.24. The fraction of sp³-hybridized carbons (Fsp3) is 0.357. The Bertz CT molecular complexity index is 452. The average Bonchev–Trinajstić information content (AvgIpc) is 2.33. The highest BCUT2D eigenvalue weighted by Gasteiger charge is 2.04. The van der Waals surface area contributed by atoms with Gasteiger partial charge >= 0.3 is 5.97 Å². The molecule has 1 aromatic carbocycles. The second-order valence-corrected chi connectivity index (χ2v) is 5.19. The molecular formula is C14H17IO3. The van der Waals surface area contributed by atoms with Crippen molar-refractivity contribution in [2.24, 2.45) is 0 Å². The molecular weight excluding hydrogens is 343 g/mol. The van der Waals surface area contributed by atoms with E-state index in [-0.39, 0.29) is 0 Å². The molecule has 0 amide bonds. The number of unbranched alkanes of at least 4 members (excludes halogenated alkanes) is 1. The predicted molar refractivity (Wildman–Crippen MR) is 80.8 cm³/mol. The number of hydrogen-bond donors (Lipinski definition) is 1. The number of carboxylic acids is 1. The summed E-state index contributed by atoms with van der Waals surface area (Å²) >= 11 is 2.21. The zero-order valence-corrected chi connectivity index (χ0v) is 12.7. The summed E-state index contributed by atoms with van der Waals surface area (Å²) in [4.78, 5) is 10.8. The van der Waals surface area contributed by atoms with E-state index in [1.807, 2.05) is 18.2 Å². The van der Waals surface area contributed by atoms with Crippen molar-refractivity contribution in [3.05, 3.63) is 32.9 Å². The Balaban J connectivity index is 2.86. The molecule has 0 aliphatic heterocycles. The van der Waals surface area contributed by atoms with E-state index in [1.54, 1.807) is 13.0 Å². The van der Waals surface area contributed by atoms with Crippen molar-refractivity contribution in [2.45, 2.75) is 26.7 Å². The van der Waals surface area contributed by atoms with Crippen LogP contribution in [0.25, 0.3) is 6.08 Å². The number of hydrogen-bond acceptors (Lipinski definition) is 2. The van der Waals surface area contributed by atoms with Gasteiger partial charge in [-0.3, -0.25) is 0 Å². The van der Waals surface area contributed by atoms with E-state index < -0.39 is 5.97 Å². The van der Waals surface area contributed by atoms with Gasteiger partial charge in [-0.15, -0.1) is 0 Å². The van der Waals surface area contributed by atoms with Gasteiger partial charge < -0.3 is 9.84 Å². The first-order valence-electron chi connectivity index (χ1n) is 5.88. The molecule has 0 atom stereocenters. The van der Waals surface area contributed by atoms with Gasteiger partial charge in [-0.2, -0.15) is 0 Å². The van der Waals surface area contributed by atoms with Gasteiger partial charge in [-0.05, 0) is 59.7 Å². The maximum absolute atomic E-state index is 10.8. The highest BCUT2D eigenvalue weighted by atomic mass is 127. The van der Waals surface area contributed by atoms with Crippen LogP contribution in [0.1, 0.15) is 32.3 Å². The zero-order chi connectivity index (χ0) is 13.5. The molecule has 0 saturated carbocycles. The summed E-state index contributed by atoms with van der Waals surface area (Å²) in [6.07, 6.45) is 3.75. The highest BCUT2D eigenvalue weighted by molar-refractivity contribution is 14.1. The number of rotatable bonds is 6. The minimum Gasteiger partial charge on any atom is -0.492 e. The summed E-state index contributed by atoms with van der Waals surface area (Å²) in [6, 6.07) is 5.70. The monoisotopic (exact) mass is 360 g/mol. The van der Waals surface area contributed by atoms with Crippen LogP contribution in [0, 0.1) is 3.57 Å². The molecule has 0 aliphatic carbocycles. The molecule has 0 bridgehead atoms. The molecule has 3 nitrogen and oxygen atoms in total. The molecule has 0 fully saturated rings. The van der Waals surface area contributed by atoms with Gasteiger partial charge in [0.2, 0.25) is 0 Å². The van der Waals surface area contributed by atoms with Crippen LogP contribution in [0.5, 0.6) is 5.75 Å². The van der Waals surface area contributed by atoms with Gasteiger partial charge in [0.05, 0.1) is 10.2 Å². The predicted octanol–water partition coefficient (Wildman–Crippen LogP) is 3.96. The lowest BCUT2D eigenvalue weighted by Gasteiger charge is -2.08. The van der Waals surface area contributed by atoms with Crippen LogP contribution >= 0.6 is 22.6 Å². The SMILES string of the molecule is CCCCOc1cc(C=C(C)C(=O)O)ccc1I. The molecule has 0 aliphatic rings. The minimum absolute atomic E-state index is 0.315. The third-order valence-electron chi connectivity index (χ3n) is 2.43. The van der Waals surface area contributed by atoms with Crippen molar-refractivity contribution in [2.75, 3.05) is 6.61 Å². The topological polar surface area (TPSA) is 46.5 Å². The number of aliphatic carboxylic acids is 1. The zero-order valence-electron chi connectivity index (χ0n) is 10.6. The van der Waals surface area contributed by atoms with Crippen LogP contribution in [0.15, 0.2) is 23.8 Å². The normalized spacial score (nSPS) is 11.4. The summed E-state index contributed by atoms with van der Waals surface area (Å²) < 4.78 is 6.71. The molecule has 98 valence electrons. The third-order valence-corrected chi connectivity index (χ3v) is 3.32. The van der Waals surface area contributed by atoms with Gasteiger partial charge in [0.15, 0.2) is 0 Å². The van der Waals surface area contributed by atoms with Gasteiger partial charge in [-0.1, -0.05) is 19.4 Å². The van der Waals surface area contributed by atoms with Gasteiger partial charge in [0.25, 0.3) is 0 Å². The number of carbonyl (C=O) groups is 1. The minimum atomic E-state index is -0.901. The Labute approximate surface area is 121 Å². The van der Waals surface area contributed by atoms with Gasteiger partial charge in [0.1, 0.15) is 5.75 Å². The first-order valence-corrected chi connectivity index (χ1v) is 6.96. The van der Waals surface area contributed by atoms with Crippen molar-refractivity contribution in [3.63, 3.8) is 0 Å². The Morgan fingerprint density at radius 1 is 1.50 bits per heavy atom. The van der Waals surface area contributed by atoms with Crippen LogP contribution in [-0.2, 0) is 4.79 Å². The molecule has 0 radical (unpaired) electrons. The van der Waals surface area contributed by atoms with E-state index in [0.717, 1.165) is 27.7 Å². The van der Waals surface area contributed by atoms with Gasteiger partial charge in [-0.25, -0.2) is 4.79 Å². The van der Waals surface area contributed by atoms with E-state index in [1.165, 1.54) is 0 Å². The van der Waals surface area contributed by atoms with E-state index in [0.29, 0.717) is 12.2 Å². The van der Waals surface area contributed by atoms with E-state index in [4.69, 9.17) is 9.84 Å². The summed E-state index contributed by atoms with van der Waals surface area (Å²) in [5.41, 5.74) is 1.16. The van der Waals surface area contributed by atoms with Crippen LogP contribution in [-0.4, -0.2) is 17.7 Å². The Morgan fingerprint density at radius 2 is 2.22 bits per heavy atom. The fourth-order valence-electron chi connectivity index (χ4n) is 1.36. The smallest absolute Gasteiger partial charge is 0.331 e. The summed E-state index contributed by atoms with van der Waals surface area (Å²) in [6.45, 7) is 4.39. The van der Waals surface area contributed by atoms with Crippen molar-refractivity contribution in [1.29, 1.82) is 0 Å². The van der Waals surface area contributed by atoms with Crippen molar-refractivity contribution < 1.29 is 14.6 Å². The summed E-state index contributed by atoms with van der Waals surface area (Å²) in [5, 5.41) is 8.84. The third kappa shape index (κ3) is 4.68. The molecule has 4 heteroatoms. The standard InChI is InChI=1S/C14H17IO3/c1-3-4-7-18-13-9-11(5-6-12(13)15)8-10(2)14(16)17/h5-6,8-9H,3-4,7H2,1-2H3,(H,16,17). The van der Waals surface area contributed by atoms with E-state index in [2.05, 4.69) is 29.5 Å². The molecule has 0 spiro atoms. The maximum atomic E-state index is 10.8. The second kappa shape index (κ2) is 7.41. The fourth-order valence-corrected chi connectivity index (χ4v) is 1.85. The van der Waals surface area contributed by atoms with Crippen molar-refractivity contribution >= 4 is 34.6 Å². The molecule has 0 saturated heterocycles. The van der Waals surface area contributed by atoms with E-state index >= 15 is 0 Å². The van der Waals surface area contributed by atoms with Crippen LogP contribution in [0.3, 0.4) is 0 Å². The number of carboxylic acid groups (broad SMARTS) is 1. The van der Waals surface area contributed by atoms with Crippen LogP contribution < -0.4 is 4.74 Å². The Hall–Kier alpha value is -1.04. The number of ether oxygens (including phenoxy) is 1. The lowest BCUT2D eigenvalue weighted by atomic mass is 10.1. The molecule has 18 heavy (non-hydrogen) atoms. The largest absolute Gasteiger partial charge is 0.492 e. The summed E-state index contributed by atoms with van der Waals surface area (Å²) in [7, 11) is 0. The number of benzene rings is 1. The van der Waals surface area contributed by atoms with E-state index in [9.17, 15) is 4.79 Å². The average molecular weight is 360 g/mol. The summed E-state index contributed by atoms with van der Waals surface area (Å²) in [5.74, 6) is -0.0852. The van der Waals surface area contributed by atoms with Crippen LogP contribution in [0.4, 0.5) is 0 Å². The Morgan fingerprint density at radius 3 is 2.83 bits per heavy atom. The maximum Gasteiger partial charge on any atom is 0.331 e. The lowest BCUT2D eigenvalue weighted by molar-refractivity contribution is -0.132. The quantitative estimate of drug-likeness (QED) is 0.475. The van der Waals surface area contributed by atoms with Crippen molar-refractivity contribution in [3.8, 4) is 5.75 Å². The van der Waals surface area contributed by atoms with Gasteiger partial charge in [0, 0.05) is 5.57 Å². The molecule has 0 heterocycles. The molecule has 1 aromatic rings.